The average Bonchev–Trinajstić information content (AvgIpc) is 2.78. The van der Waals surface area contributed by atoms with Crippen LogP contribution in [0.2, 0.25) is 0 Å². The van der Waals surface area contributed by atoms with Crippen LogP contribution in [-0.2, 0) is 13.6 Å². The summed E-state index contributed by atoms with van der Waals surface area (Å²) in [4.78, 5) is 0. The van der Waals surface area contributed by atoms with Crippen LogP contribution in [0.15, 0.2) is 96.1 Å². The van der Waals surface area contributed by atoms with Gasteiger partial charge in [0.25, 0.3) is 0 Å². The summed E-state index contributed by atoms with van der Waals surface area (Å²) in [6, 6.07) is 29.0. The Labute approximate surface area is 178 Å². The second-order valence-corrected chi connectivity index (χ2v) is 8.64. The number of benzene rings is 3. The van der Waals surface area contributed by atoms with Crippen molar-refractivity contribution in [1.29, 1.82) is 0 Å². The summed E-state index contributed by atoms with van der Waals surface area (Å²) in [6.45, 7) is 4.17. The molecule has 1 atom stereocenters. The third-order valence-electron chi connectivity index (χ3n) is 4.46. The van der Waals surface area contributed by atoms with Gasteiger partial charge in [0.05, 0.1) is 24.6 Å². The lowest BCUT2D eigenvalue weighted by Crippen LogP contribution is -2.19. The summed E-state index contributed by atoms with van der Waals surface area (Å²) in [5.41, 5.74) is 5.51. The molecule has 0 aliphatic rings. The molecule has 6 heteroatoms. The first-order chi connectivity index (χ1) is 14.7. The van der Waals surface area contributed by atoms with Crippen LogP contribution < -0.4 is 5.43 Å². The largest absolute Gasteiger partial charge is 0.344 e. The molecule has 0 heterocycles. The van der Waals surface area contributed by atoms with Crippen molar-refractivity contribution >= 4 is 19.0 Å². The second-order valence-electron chi connectivity index (χ2n) is 6.53. The number of para-hydroxylation sites is 1. The number of anilines is 1. The van der Waals surface area contributed by atoms with E-state index in [1.165, 1.54) is 0 Å². The van der Waals surface area contributed by atoms with E-state index in [0.29, 0.717) is 5.71 Å². The molecule has 3 rings (SSSR count). The van der Waals surface area contributed by atoms with Crippen molar-refractivity contribution in [2.75, 3.05) is 18.6 Å². The fourth-order valence-electron chi connectivity index (χ4n) is 3.20. The fraction of sp³-hybridized carbons (Fsp3) is 0.208. The van der Waals surface area contributed by atoms with E-state index in [2.05, 4.69) is 5.43 Å². The molecule has 0 bridgehead atoms. The van der Waals surface area contributed by atoms with Crippen LogP contribution in [-0.4, -0.2) is 18.9 Å². The van der Waals surface area contributed by atoms with Crippen molar-refractivity contribution in [1.82, 2.24) is 0 Å². The Morgan fingerprint density at radius 2 is 1.33 bits per heavy atom. The maximum Gasteiger partial charge on any atom is 0.344 e. The van der Waals surface area contributed by atoms with Crippen LogP contribution in [0, 0.1) is 0 Å². The fourth-order valence-corrected chi connectivity index (χ4v) is 5.34. The van der Waals surface area contributed by atoms with Crippen molar-refractivity contribution < 1.29 is 13.6 Å². The number of nitrogens with one attached hydrogen (secondary N) is 1. The van der Waals surface area contributed by atoms with Crippen LogP contribution >= 0.6 is 7.60 Å². The second kappa shape index (κ2) is 10.9. The van der Waals surface area contributed by atoms with Gasteiger partial charge in [0.1, 0.15) is 5.66 Å². The van der Waals surface area contributed by atoms with Gasteiger partial charge in [-0.1, -0.05) is 78.9 Å². The summed E-state index contributed by atoms with van der Waals surface area (Å²) in [6.07, 6.45) is 0. The highest BCUT2D eigenvalue weighted by Gasteiger charge is 2.41. The number of hydrogen-bond donors (Lipinski definition) is 1. The summed E-state index contributed by atoms with van der Waals surface area (Å²) in [5.74, 6) is 0. The number of rotatable bonds is 10. The minimum atomic E-state index is -3.57. The number of hydrazone groups is 1. The van der Waals surface area contributed by atoms with Crippen LogP contribution in [0.1, 0.15) is 30.6 Å². The molecule has 0 radical (unpaired) electrons. The molecule has 0 amide bonds. The highest BCUT2D eigenvalue weighted by molar-refractivity contribution is 7.55. The van der Waals surface area contributed by atoms with Crippen molar-refractivity contribution in [2.45, 2.75) is 19.5 Å². The molecule has 1 N–H and O–H groups in total. The molecule has 5 nitrogen and oxygen atoms in total. The first-order valence-corrected chi connectivity index (χ1v) is 11.7. The lowest BCUT2D eigenvalue weighted by atomic mass is 10.0. The summed E-state index contributed by atoms with van der Waals surface area (Å²) >= 11 is 0. The molecular weight excluding hydrogens is 395 g/mol. The number of hydrogen-bond acceptors (Lipinski definition) is 5. The Kier molecular flexibility index (Phi) is 7.97. The quantitative estimate of drug-likeness (QED) is 0.230. The predicted molar refractivity (Wildman–Crippen MR) is 123 cm³/mol. The third kappa shape index (κ3) is 5.45. The summed E-state index contributed by atoms with van der Waals surface area (Å²) in [7, 11) is -3.57. The SMILES string of the molecule is CCOP(=O)(OCC)C(/C(=N\Nc1ccccc1)c1ccccc1)c1ccccc1. The van der Waals surface area contributed by atoms with Gasteiger partial charge in [-0.2, -0.15) is 5.10 Å². The highest BCUT2D eigenvalue weighted by atomic mass is 31.2. The van der Waals surface area contributed by atoms with Gasteiger partial charge in [-0.3, -0.25) is 9.99 Å². The predicted octanol–water partition coefficient (Wildman–Crippen LogP) is 6.51. The molecule has 156 valence electrons. The first-order valence-electron chi connectivity index (χ1n) is 10.1. The van der Waals surface area contributed by atoms with E-state index < -0.39 is 13.3 Å². The van der Waals surface area contributed by atoms with Gasteiger partial charge in [-0.15, -0.1) is 0 Å². The zero-order valence-electron chi connectivity index (χ0n) is 17.3. The van der Waals surface area contributed by atoms with E-state index in [1.807, 2.05) is 105 Å². The zero-order valence-corrected chi connectivity index (χ0v) is 18.2. The van der Waals surface area contributed by atoms with Crippen LogP contribution in [0.4, 0.5) is 5.69 Å². The molecule has 0 fully saturated rings. The van der Waals surface area contributed by atoms with Crippen LogP contribution in [0.3, 0.4) is 0 Å². The molecule has 30 heavy (non-hydrogen) atoms. The molecule has 3 aromatic carbocycles. The van der Waals surface area contributed by atoms with Crippen LogP contribution in [0.5, 0.6) is 0 Å². The minimum absolute atomic E-state index is 0.273. The Hall–Kier alpha value is -2.72. The van der Waals surface area contributed by atoms with E-state index in [9.17, 15) is 4.57 Å². The molecule has 3 aromatic rings. The maximum atomic E-state index is 14.0. The molecule has 0 aliphatic heterocycles. The Balaban J connectivity index is 2.16. The normalized spacial score (nSPS) is 13.1. The molecule has 1 unspecified atom stereocenters. The Morgan fingerprint density at radius 3 is 1.87 bits per heavy atom. The molecule has 0 saturated heterocycles. The standard InChI is InChI=1S/C24H27N2O3P/c1-3-28-30(27,29-4-2)24(21-16-10-6-11-17-21)23(20-14-8-5-9-15-20)26-25-22-18-12-7-13-19-22/h5-19,24-25H,3-4H2,1-2H3/b26-23-. The maximum absolute atomic E-state index is 14.0. The molecule has 0 saturated carbocycles. The minimum Gasteiger partial charge on any atom is -0.308 e. The van der Waals surface area contributed by atoms with Gasteiger partial charge in [0, 0.05) is 0 Å². The first kappa shape index (κ1) is 22.0. The van der Waals surface area contributed by atoms with Gasteiger partial charge in [-0.05, 0) is 37.1 Å². The van der Waals surface area contributed by atoms with Gasteiger partial charge in [-0.25, -0.2) is 0 Å². The monoisotopic (exact) mass is 422 g/mol. The van der Waals surface area contributed by atoms with Crippen molar-refractivity contribution in [3.05, 3.63) is 102 Å². The summed E-state index contributed by atoms with van der Waals surface area (Å²) in [5, 5.41) is 4.71. The van der Waals surface area contributed by atoms with Crippen molar-refractivity contribution in [3.63, 3.8) is 0 Å². The molecule has 0 spiro atoms. The third-order valence-corrected chi connectivity index (χ3v) is 6.87. The summed E-state index contributed by atoms with van der Waals surface area (Å²) < 4.78 is 25.5. The van der Waals surface area contributed by atoms with Gasteiger partial charge >= 0.3 is 7.60 Å². The van der Waals surface area contributed by atoms with Gasteiger partial charge in [0.15, 0.2) is 0 Å². The molecule has 0 aliphatic carbocycles. The van der Waals surface area contributed by atoms with Gasteiger partial charge < -0.3 is 9.05 Å². The zero-order chi connectivity index (χ0) is 21.2. The smallest absolute Gasteiger partial charge is 0.308 e. The average molecular weight is 422 g/mol. The Bertz CT molecular complexity index is 969. The number of nitrogens with zero attached hydrogens (tertiary/aromatic N) is 1. The van der Waals surface area contributed by atoms with Crippen molar-refractivity contribution in [2.24, 2.45) is 5.10 Å². The van der Waals surface area contributed by atoms with E-state index in [4.69, 9.17) is 14.1 Å². The Morgan fingerprint density at radius 1 is 0.833 bits per heavy atom. The topological polar surface area (TPSA) is 59.9 Å². The van der Waals surface area contributed by atoms with E-state index in [0.717, 1.165) is 16.8 Å². The molecule has 0 aromatic heterocycles. The van der Waals surface area contributed by atoms with E-state index in [1.54, 1.807) is 0 Å². The van der Waals surface area contributed by atoms with Gasteiger partial charge in [0.2, 0.25) is 0 Å². The lowest BCUT2D eigenvalue weighted by Gasteiger charge is -2.28. The van der Waals surface area contributed by atoms with Crippen LogP contribution in [0.25, 0.3) is 0 Å². The molecular formula is C24H27N2O3P. The highest BCUT2D eigenvalue weighted by Crippen LogP contribution is 2.62. The van der Waals surface area contributed by atoms with E-state index >= 15 is 0 Å². The van der Waals surface area contributed by atoms with E-state index in [-0.39, 0.29) is 13.2 Å². The lowest BCUT2D eigenvalue weighted by molar-refractivity contribution is 0.217. The van der Waals surface area contributed by atoms with Crippen molar-refractivity contribution in [3.8, 4) is 0 Å².